The van der Waals surface area contributed by atoms with Gasteiger partial charge in [0, 0.05) is 7.11 Å². The third-order valence-corrected chi connectivity index (χ3v) is 2.98. The summed E-state index contributed by atoms with van der Waals surface area (Å²) in [5.74, 6) is 1.08. The van der Waals surface area contributed by atoms with E-state index >= 15 is 0 Å². The van der Waals surface area contributed by atoms with E-state index in [1.165, 1.54) is 25.7 Å². The Morgan fingerprint density at radius 2 is 2.33 bits per heavy atom. The summed E-state index contributed by atoms with van der Waals surface area (Å²) in [5, 5.41) is 0. The molecule has 52 valence electrons. The van der Waals surface area contributed by atoms with Crippen LogP contribution in [0.2, 0.25) is 0 Å². The predicted octanol–water partition coefficient (Wildman–Crippen LogP) is 1.82. The van der Waals surface area contributed by atoms with Crippen molar-refractivity contribution in [1.29, 1.82) is 0 Å². The van der Waals surface area contributed by atoms with Gasteiger partial charge in [0.05, 0.1) is 6.61 Å². The monoisotopic (exact) mass is 126 g/mol. The zero-order chi connectivity index (χ0) is 6.32. The van der Waals surface area contributed by atoms with Crippen LogP contribution in [0.5, 0.6) is 0 Å². The van der Waals surface area contributed by atoms with Gasteiger partial charge >= 0.3 is 0 Å². The maximum Gasteiger partial charge on any atom is 0.0518 e. The first-order chi connectivity index (χ1) is 4.35. The van der Waals surface area contributed by atoms with E-state index in [0.717, 1.165) is 12.5 Å². The molecule has 3 aliphatic carbocycles. The Hall–Kier alpha value is -0.0400. The Labute approximate surface area is 56.4 Å². The Balaban J connectivity index is 1.95. The van der Waals surface area contributed by atoms with Crippen molar-refractivity contribution in [2.45, 2.75) is 25.7 Å². The quantitative estimate of drug-likeness (QED) is 0.548. The molecule has 1 heteroatoms. The van der Waals surface area contributed by atoms with Crippen molar-refractivity contribution in [3.8, 4) is 0 Å². The average molecular weight is 126 g/mol. The zero-order valence-electron chi connectivity index (χ0n) is 6.02. The van der Waals surface area contributed by atoms with Crippen molar-refractivity contribution in [1.82, 2.24) is 0 Å². The number of ether oxygens (including phenoxy) is 1. The lowest BCUT2D eigenvalue weighted by atomic mass is 9.70. The Kier molecular flexibility index (Phi) is 1.10. The van der Waals surface area contributed by atoms with Crippen molar-refractivity contribution in [2.24, 2.45) is 11.3 Å². The van der Waals surface area contributed by atoms with Gasteiger partial charge in [0.15, 0.2) is 0 Å². The smallest absolute Gasteiger partial charge is 0.0518 e. The van der Waals surface area contributed by atoms with Crippen LogP contribution in [0.15, 0.2) is 0 Å². The highest BCUT2D eigenvalue weighted by atomic mass is 16.5. The molecule has 9 heavy (non-hydrogen) atoms. The van der Waals surface area contributed by atoms with Gasteiger partial charge in [0.1, 0.15) is 0 Å². The van der Waals surface area contributed by atoms with Crippen molar-refractivity contribution >= 4 is 0 Å². The van der Waals surface area contributed by atoms with Crippen LogP contribution in [0.1, 0.15) is 25.7 Å². The third kappa shape index (κ3) is 0.710. The lowest BCUT2D eigenvalue weighted by molar-refractivity contribution is 0.0274. The first-order valence-corrected chi connectivity index (χ1v) is 3.84. The highest BCUT2D eigenvalue weighted by Gasteiger charge is 2.49. The zero-order valence-corrected chi connectivity index (χ0v) is 6.02. The van der Waals surface area contributed by atoms with E-state index in [0.29, 0.717) is 5.41 Å². The number of hydrogen-bond acceptors (Lipinski definition) is 1. The summed E-state index contributed by atoms with van der Waals surface area (Å²) in [6, 6.07) is 0. The van der Waals surface area contributed by atoms with E-state index in [4.69, 9.17) is 4.74 Å². The van der Waals surface area contributed by atoms with Crippen molar-refractivity contribution in [2.75, 3.05) is 13.7 Å². The Morgan fingerprint density at radius 3 is 2.78 bits per heavy atom. The maximum absolute atomic E-state index is 5.17. The molecule has 2 bridgehead atoms. The van der Waals surface area contributed by atoms with E-state index in [9.17, 15) is 0 Å². The van der Waals surface area contributed by atoms with Crippen LogP contribution in [0, 0.1) is 11.3 Å². The molecule has 0 radical (unpaired) electrons. The summed E-state index contributed by atoms with van der Waals surface area (Å²) in [6.45, 7) is 1.02. The SMILES string of the molecule is COCC12CCC(C1)C2. The topological polar surface area (TPSA) is 9.23 Å². The molecule has 0 amide bonds. The normalized spacial score (nSPS) is 47.0. The van der Waals surface area contributed by atoms with Crippen LogP contribution in [-0.4, -0.2) is 13.7 Å². The minimum Gasteiger partial charge on any atom is -0.384 e. The van der Waals surface area contributed by atoms with Gasteiger partial charge in [-0.3, -0.25) is 0 Å². The summed E-state index contributed by atoms with van der Waals surface area (Å²) in [5.41, 5.74) is 0.666. The van der Waals surface area contributed by atoms with E-state index in [1.807, 2.05) is 7.11 Å². The molecule has 0 atom stereocenters. The number of methoxy groups -OCH3 is 1. The van der Waals surface area contributed by atoms with E-state index in [1.54, 1.807) is 0 Å². The van der Waals surface area contributed by atoms with E-state index < -0.39 is 0 Å². The highest BCUT2D eigenvalue weighted by Crippen LogP contribution is 2.58. The van der Waals surface area contributed by atoms with Crippen molar-refractivity contribution < 1.29 is 4.74 Å². The number of rotatable bonds is 2. The molecule has 3 saturated carbocycles. The van der Waals surface area contributed by atoms with E-state index in [-0.39, 0.29) is 0 Å². The summed E-state index contributed by atoms with van der Waals surface area (Å²) >= 11 is 0. The second-order valence-corrected chi connectivity index (χ2v) is 3.75. The molecule has 0 N–H and O–H groups in total. The van der Waals surface area contributed by atoms with Gasteiger partial charge in [-0.15, -0.1) is 0 Å². The largest absolute Gasteiger partial charge is 0.384 e. The van der Waals surface area contributed by atoms with Gasteiger partial charge in [-0.25, -0.2) is 0 Å². The average Bonchev–Trinajstić information content (AvgIpc) is 2.22. The van der Waals surface area contributed by atoms with Crippen LogP contribution in [0.25, 0.3) is 0 Å². The molecule has 0 spiro atoms. The van der Waals surface area contributed by atoms with Gasteiger partial charge in [-0.05, 0) is 37.0 Å². The van der Waals surface area contributed by atoms with Crippen LogP contribution >= 0.6 is 0 Å². The molecule has 1 nitrogen and oxygen atoms in total. The molecular weight excluding hydrogens is 112 g/mol. The van der Waals surface area contributed by atoms with E-state index in [2.05, 4.69) is 0 Å². The van der Waals surface area contributed by atoms with Gasteiger partial charge in [-0.2, -0.15) is 0 Å². The fraction of sp³-hybridized carbons (Fsp3) is 1.00. The fourth-order valence-corrected chi connectivity index (χ4v) is 2.58. The Bertz CT molecular complexity index is 108. The second-order valence-electron chi connectivity index (χ2n) is 3.75. The third-order valence-electron chi connectivity index (χ3n) is 2.98. The first-order valence-electron chi connectivity index (χ1n) is 3.84. The maximum atomic E-state index is 5.17. The van der Waals surface area contributed by atoms with Gasteiger partial charge in [0.2, 0.25) is 0 Å². The van der Waals surface area contributed by atoms with Crippen molar-refractivity contribution in [3.63, 3.8) is 0 Å². The molecule has 3 rings (SSSR count). The molecule has 0 heterocycles. The summed E-state index contributed by atoms with van der Waals surface area (Å²) in [6.07, 6.45) is 5.83. The van der Waals surface area contributed by atoms with Crippen LogP contribution < -0.4 is 0 Å². The summed E-state index contributed by atoms with van der Waals surface area (Å²) in [7, 11) is 1.82. The number of hydrogen-bond donors (Lipinski definition) is 0. The van der Waals surface area contributed by atoms with Gasteiger partial charge in [0.25, 0.3) is 0 Å². The predicted molar refractivity (Wildman–Crippen MR) is 36.3 cm³/mol. The molecular formula is C8H14O. The van der Waals surface area contributed by atoms with Crippen LogP contribution in [-0.2, 0) is 4.74 Å². The fourth-order valence-electron chi connectivity index (χ4n) is 2.58. The molecule has 0 aliphatic heterocycles. The summed E-state index contributed by atoms with van der Waals surface area (Å²) in [4.78, 5) is 0. The standard InChI is InChI=1S/C8H14O/c1-9-6-8-3-2-7(4-8)5-8/h7H,2-6H2,1H3. The Morgan fingerprint density at radius 1 is 1.56 bits per heavy atom. The molecule has 0 unspecified atom stereocenters. The van der Waals surface area contributed by atoms with Gasteiger partial charge < -0.3 is 4.74 Å². The molecule has 3 aliphatic rings. The number of fused-ring (bicyclic) bond motifs is 1. The molecule has 0 saturated heterocycles. The molecule has 0 aromatic rings. The highest BCUT2D eigenvalue weighted by molar-refractivity contribution is 5.00. The molecule has 3 fully saturated rings. The molecule has 0 aromatic carbocycles. The molecule has 0 aromatic heterocycles. The minimum atomic E-state index is 0.666. The second kappa shape index (κ2) is 1.72. The van der Waals surface area contributed by atoms with Crippen LogP contribution in [0.4, 0.5) is 0 Å². The minimum absolute atomic E-state index is 0.666. The van der Waals surface area contributed by atoms with Crippen molar-refractivity contribution in [3.05, 3.63) is 0 Å². The van der Waals surface area contributed by atoms with Crippen LogP contribution in [0.3, 0.4) is 0 Å². The van der Waals surface area contributed by atoms with Gasteiger partial charge in [-0.1, -0.05) is 0 Å². The lowest BCUT2D eigenvalue weighted by Gasteiger charge is -2.37. The summed E-state index contributed by atoms with van der Waals surface area (Å²) < 4.78 is 5.17. The first kappa shape index (κ1) is 5.72. The lowest BCUT2D eigenvalue weighted by Crippen LogP contribution is -2.32.